The van der Waals surface area contributed by atoms with Gasteiger partial charge in [-0.25, -0.2) is 4.98 Å². The van der Waals surface area contributed by atoms with Gasteiger partial charge in [0.05, 0.1) is 5.56 Å². The van der Waals surface area contributed by atoms with Crippen LogP contribution in [0.5, 0.6) is 0 Å². The largest absolute Gasteiger partial charge is 0.443 e. The fourth-order valence-electron chi connectivity index (χ4n) is 2.42. The van der Waals surface area contributed by atoms with Crippen LogP contribution >= 0.6 is 0 Å². The van der Waals surface area contributed by atoms with Crippen molar-refractivity contribution in [3.8, 4) is 0 Å². The predicted molar refractivity (Wildman–Crippen MR) is 89.4 cm³/mol. The van der Waals surface area contributed by atoms with E-state index in [9.17, 15) is 22.8 Å². The molecule has 3 aromatic rings. The fourth-order valence-corrected chi connectivity index (χ4v) is 2.42. The Hall–Kier alpha value is -3.36. The fraction of sp³-hybridized carbons (Fsp3) is 0.167. The van der Waals surface area contributed by atoms with Gasteiger partial charge in [-0.15, -0.1) is 0 Å². The molecule has 2 aromatic carbocycles. The second kappa shape index (κ2) is 7.48. The smallest absolute Gasteiger partial charge is 0.416 e. The summed E-state index contributed by atoms with van der Waals surface area (Å²) in [6, 6.07) is 9.36. The quantitative estimate of drug-likeness (QED) is 0.684. The summed E-state index contributed by atoms with van der Waals surface area (Å²) in [5.41, 5.74) is 5.37. The summed E-state index contributed by atoms with van der Waals surface area (Å²) in [7, 11) is 0. The number of nitrogens with zero attached hydrogens (tertiary/aromatic N) is 1. The standard InChI is InChI=1S/C18H14F3N3O3/c19-18(20,21)13-3-1-2-11(8-13)4-7-16(25)23-24-17(26)12-5-6-14-15(9-12)27-10-22-14/h1-3,5-6,8-10H,4,7H2,(H,23,25)(H,24,26). The minimum atomic E-state index is -4.43. The minimum absolute atomic E-state index is 0.0806. The molecule has 2 amide bonds. The maximum absolute atomic E-state index is 12.7. The molecule has 0 saturated carbocycles. The Morgan fingerprint density at radius 2 is 1.89 bits per heavy atom. The summed E-state index contributed by atoms with van der Waals surface area (Å²) in [5.74, 6) is -1.08. The molecule has 9 heteroatoms. The van der Waals surface area contributed by atoms with Crippen molar-refractivity contribution in [2.45, 2.75) is 19.0 Å². The first-order valence-corrected chi connectivity index (χ1v) is 7.91. The number of halogens is 3. The highest BCUT2D eigenvalue weighted by molar-refractivity contribution is 5.97. The number of hydrogen-bond donors (Lipinski definition) is 2. The minimum Gasteiger partial charge on any atom is -0.443 e. The maximum atomic E-state index is 12.7. The van der Waals surface area contributed by atoms with Crippen LogP contribution in [0.25, 0.3) is 11.1 Å². The number of alkyl halides is 3. The topological polar surface area (TPSA) is 84.2 Å². The van der Waals surface area contributed by atoms with Crippen LogP contribution in [-0.4, -0.2) is 16.8 Å². The van der Waals surface area contributed by atoms with Crippen LogP contribution in [0.3, 0.4) is 0 Å². The van der Waals surface area contributed by atoms with Crippen LogP contribution in [0.2, 0.25) is 0 Å². The number of nitrogens with one attached hydrogen (secondary N) is 2. The third-order valence-electron chi connectivity index (χ3n) is 3.80. The molecule has 0 fully saturated rings. The van der Waals surface area contributed by atoms with E-state index in [4.69, 9.17) is 4.42 Å². The molecule has 1 aromatic heterocycles. The summed E-state index contributed by atoms with van der Waals surface area (Å²) < 4.78 is 43.1. The van der Waals surface area contributed by atoms with Crippen LogP contribution in [0, 0.1) is 0 Å². The second-order valence-corrected chi connectivity index (χ2v) is 5.74. The molecule has 1 heterocycles. The van der Waals surface area contributed by atoms with E-state index in [0.717, 1.165) is 12.1 Å². The number of rotatable bonds is 4. The maximum Gasteiger partial charge on any atom is 0.416 e. The van der Waals surface area contributed by atoms with Crippen LogP contribution in [0.4, 0.5) is 13.2 Å². The van der Waals surface area contributed by atoms with Gasteiger partial charge in [-0.05, 0) is 36.2 Å². The summed E-state index contributed by atoms with van der Waals surface area (Å²) in [5, 5.41) is 0. The summed E-state index contributed by atoms with van der Waals surface area (Å²) in [6.45, 7) is 0. The van der Waals surface area contributed by atoms with E-state index in [1.54, 1.807) is 6.07 Å². The van der Waals surface area contributed by atoms with Crippen molar-refractivity contribution < 1.29 is 27.2 Å². The van der Waals surface area contributed by atoms with E-state index < -0.39 is 23.6 Å². The van der Waals surface area contributed by atoms with Gasteiger partial charge >= 0.3 is 6.18 Å². The lowest BCUT2D eigenvalue weighted by Gasteiger charge is -2.09. The zero-order valence-electron chi connectivity index (χ0n) is 13.8. The lowest BCUT2D eigenvalue weighted by atomic mass is 10.1. The van der Waals surface area contributed by atoms with Crippen LogP contribution in [-0.2, 0) is 17.4 Å². The van der Waals surface area contributed by atoms with E-state index in [1.165, 1.54) is 30.7 Å². The molecule has 0 saturated heterocycles. The van der Waals surface area contributed by atoms with E-state index in [0.29, 0.717) is 16.7 Å². The number of oxazole rings is 1. The number of fused-ring (bicyclic) bond motifs is 1. The molecule has 2 N–H and O–H groups in total. The van der Waals surface area contributed by atoms with Gasteiger partial charge in [0.25, 0.3) is 5.91 Å². The van der Waals surface area contributed by atoms with Crippen LogP contribution in [0.1, 0.15) is 27.9 Å². The molecule has 140 valence electrons. The molecule has 0 atom stereocenters. The Kier molecular flexibility index (Phi) is 5.11. The summed E-state index contributed by atoms with van der Waals surface area (Å²) in [6.07, 6.45) is -3.16. The first kappa shape index (κ1) is 18.4. The number of carbonyl (C=O) groups is 2. The van der Waals surface area contributed by atoms with Gasteiger partial charge in [-0.3, -0.25) is 20.4 Å². The molecule has 0 spiro atoms. The highest BCUT2D eigenvalue weighted by Crippen LogP contribution is 2.29. The third kappa shape index (κ3) is 4.63. The highest BCUT2D eigenvalue weighted by Gasteiger charge is 2.30. The number of carbonyl (C=O) groups excluding carboxylic acids is 2. The Labute approximate surface area is 151 Å². The van der Waals surface area contributed by atoms with E-state index in [2.05, 4.69) is 15.8 Å². The number of hydrogen-bond acceptors (Lipinski definition) is 4. The Morgan fingerprint density at radius 3 is 2.67 bits per heavy atom. The van der Waals surface area contributed by atoms with E-state index in [-0.39, 0.29) is 18.4 Å². The molecule has 0 bridgehead atoms. The SMILES string of the molecule is O=C(CCc1cccc(C(F)(F)F)c1)NNC(=O)c1ccc2ncoc2c1. The van der Waals surface area contributed by atoms with Crippen molar-refractivity contribution in [3.05, 3.63) is 65.5 Å². The lowest BCUT2D eigenvalue weighted by molar-refractivity contribution is -0.137. The molecular formula is C18H14F3N3O3. The average molecular weight is 377 g/mol. The second-order valence-electron chi connectivity index (χ2n) is 5.74. The number of aromatic nitrogens is 1. The van der Waals surface area contributed by atoms with Gasteiger partial charge in [0, 0.05) is 12.0 Å². The lowest BCUT2D eigenvalue weighted by Crippen LogP contribution is -2.41. The van der Waals surface area contributed by atoms with Crippen molar-refractivity contribution in [1.82, 2.24) is 15.8 Å². The van der Waals surface area contributed by atoms with Crippen molar-refractivity contribution >= 4 is 22.9 Å². The molecule has 3 rings (SSSR count). The van der Waals surface area contributed by atoms with Gasteiger partial charge in [0.2, 0.25) is 5.91 Å². The third-order valence-corrected chi connectivity index (χ3v) is 3.80. The van der Waals surface area contributed by atoms with Gasteiger partial charge in [-0.2, -0.15) is 13.2 Å². The molecule has 0 aliphatic heterocycles. The zero-order valence-corrected chi connectivity index (χ0v) is 13.8. The first-order valence-electron chi connectivity index (χ1n) is 7.91. The number of aryl methyl sites for hydroxylation is 1. The molecule has 0 aliphatic carbocycles. The van der Waals surface area contributed by atoms with Crippen LogP contribution < -0.4 is 10.9 Å². The van der Waals surface area contributed by atoms with Gasteiger partial charge in [0.15, 0.2) is 12.0 Å². The summed E-state index contributed by atoms with van der Waals surface area (Å²) in [4.78, 5) is 27.8. The van der Waals surface area contributed by atoms with Gasteiger partial charge in [0.1, 0.15) is 5.52 Å². The molecule has 0 unspecified atom stereocenters. The number of benzene rings is 2. The normalized spacial score (nSPS) is 11.4. The van der Waals surface area contributed by atoms with Crippen molar-refractivity contribution in [2.75, 3.05) is 0 Å². The monoisotopic (exact) mass is 377 g/mol. The Bertz CT molecular complexity index is 982. The first-order chi connectivity index (χ1) is 12.8. The van der Waals surface area contributed by atoms with Gasteiger partial charge in [-0.1, -0.05) is 18.2 Å². The van der Waals surface area contributed by atoms with Crippen molar-refractivity contribution in [3.63, 3.8) is 0 Å². The molecule has 0 aliphatic rings. The number of hydrazine groups is 1. The Balaban J connectivity index is 1.51. The summed E-state index contributed by atoms with van der Waals surface area (Å²) >= 11 is 0. The highest BCUT2D eigenvalue weighted by atomic mass is 19.4. The van der Waals surface area contributed by atoms with Crippen molar-refractivity contribution in [1.29, 1.82) is 0 Å². The molecule has 27 heavy (non-hydrogen) atoms. The van der Waals surface area contributed by atoms with E-state index >= 15 is 0 Å². The zero-order chi connectivity index (χ0) is 19.4. The molecular weight excluding hydrogens is 363 g/mol. The van der Waals surface area contributed by atoms with Crippen LogP contribution in [0.15, 0.2) is 53.3 Å². The average Bonchev–Trinajstić information content (AvgIpc) is 3.11. The van der Waals surface area contributed by atoms with Crippen molar-refractivity contribution in [2.24, 2.45) is 0 Å². The predicted octanol–water partition coefficient (Wildman–Crippen LogP) is 3.24. The Morgan fingerprint density at radius 1 is 1.07 bits per heavy atom. The molecule has 0 radical (unpaired) electrons. The number of amides is 2. The van der Waals surface area contributed by atoms with Gasteiger partial charge < -0.3 is 4.42 Å². The van der Waals surface area contributed by atoms with E-state index in [1.807, 2.05) is 0 Å². The molecule has 6 nitrogen and oxygen atoms in total.